The predicted molar refractivity (Wildman–Crippen MR) is 140 cm³/mol. The Morgan fingerprint density at radius 3 is 1.76 bits per heavy atom. The van der Waals surface area contributed by atoms with Crippen LogP contribution in [0.4, 0.5) is 0 Å². The van der Waals surface area contributed by atoms with E-state index in [0.717, 1.165) is 0 Å². The lowest BCUT2D eigenvalue weighted by molar-refractivity contribution is -0.143. The maximum Gasteiger partial charge on any atom is 0.326 e. The van der Waals surface area contributed by atoms with E-state index in [1.165, 1.54) is 11.8 Å². The van der Waals surface area contributed by atoms with Gasteiger partial charge < -0.3 is 48.7 Å². The number of hydrogen-bond acceptors (Lipinski definition) is 11. The molecule has 0 rings (SSSR count). The Labute approximate surface area is 228 Å². The molecule has 216 valence electrons. The first kappa shape index (κ1) is 34.9. The van der Waals surface area contributed by atoms with E-state index >= 15 is 0 Å². The molecule has 6 amide bonds. The fraction of sp³-hybridized carbons (Fsp3) is 0.650. The SMILES string of the molecule is CSCC[C@H](N)C(=O)N[C@@H](CS)C(=O)N[C@@H](CC(N)=O)C(=O)N[C@@H](CO)C(=O)N[C@@H](CCC(N)=O)C(=O)O. The molecular weight excluding hydrogens is 546 g/mol. The van der Waals surface area contributed by atoms with Crippen molar-refractivity contribution in [3.05, 3.63) is 0 Å². The number of aliphatic hydroxyl groups is 1. The highest BCUT2D eigenvalue weighted by Crippen LogP contribution is 2.02. The Kier molecular flexibility index (Phi) is 16.7. The summed E-state index contributed by atoms with van der Waals surface area (Å²) < 4.78 is 0. The maximum absolute atomic E-state index is 12.8. The summed E-state index contributed by atoms with van der Waals surface area (Å²) in [6.07, 6.45) is 0.759. The Morgan fingerprint density at radius 2 is 1.29 bits per heavy atom. The van der Waals surface area contributed by atoms with Crippen molar-refractivity contribution in [1.82, 2.24) is 21.3 Å². The first-order valence-corrected chi connectivity index (χ1v) is 13.3. The molecule has 38 heavy (non-hydrogen) atoms. The zero-order valence-corrected chi connectivity index (χ0v) is 22.4. The number of primary amides is 2. The largest absolute Gasteiger partial charge is 0.480 e. The predicted octanol–water partition coefficient (Wildman–Crippen LogP) is -4.85. The van der Waals surface area contributed by atoms with E-state index in [1.807, 2.05) is 6.26 Å². The molecule has 18 heteroatoms. The van der Waals surface area contributed by atoms with Crippen LogP contribution in [0.5, 0.6) is 0 Å². The molecule has 0 heterocycles. The minimum absolute atomic E-state index is 0.193. The number of aliphatic hydroxyl groups excluding tert-OH is 1. The Morgan fingerprint density at radius 1 is 0.789 bits per heavy atom. The highest BCUT2D eigenvalue weighted by molar-refractivity contribution is 7.98. The number of carbonyl (C=O) groups is 7. The molecule has 0 aromatic rings. The summed E-state index contributed by atoms with van der Waals surface area (Å²) in [4.78, 5) is 83.9. The second-order valence-electron chi connectivity index (χ2n) is 8.01. The first-order chi connectivity index (χ1) is 17.8. The van der Waals surface area contributed by atoms with Gasteiger partial charge >= 0.3 is 5.97 Å². The Bertz CT molecular complexity index is 878. The molecule has 0 aliphatic rings. The van der Waals surface area contributed by atoms with Gasteiger partial charge in [-0.05, 0) is 24.9 Å². The topological polar surface area (TPSA) is 286 Å². The fourth-order valence-electron chi connectivity index (χ4n) is 2.81. The van der Waals surface area contributed by atoms with E-state index < -0.39 is 84.6 Å². The molecule has 0 aliphatic carbocycles. The molecule has 5 atom stereocenters. The van der Waals surface area contributed by atoms with Crippen LogP contribution < -0.4 is 38.5 Å². The molecule has 0 saturated carbocycles. The molecule has 0 spiro atoms. The van der Waals surface area contributed by atoms with Crippen molar-refractivity contribution >= 4 is 65.8 Å². The molecule has 0 unspecified atom stereocenters. The molecule has 0 aliphatic heterocycles. The van der Waals surface area contributed by atoms with Crippen molar-refractivity contribution in [3.8, 4) is 0 Å². The number of carboxylic acids is 1. The van der Waals surface area contributed by atoms with Crippen molar-refractivity contribution in [3.63, 3.8) is 0 Å². The van der Waals surface area contributed by atoms with Crippen molar-refractivity contribution in [1.29, 1.82) is 0 Å². The highest BCUT2D eigenvalue weighted by atomic mass is 32.2. The number of rotatable bonds is 19. The smallest absolute Gasteiger partial charge is 0.326 e. The number of nitrogens with two attached hydrogens (primary N) is 3. The summed E-state index contributed by atoms with van der Waals surface area (Å²) in [7, 11) is 0. The van der Waals surface area contributed by atoms with Gasteiger partial charge in [0, 0.05) is 12.2 Å². The molecule has 0 saturated heterocycles. The molecule has 0 aromatic carbocycles. The highest BCUT2D eigenvalue weighted by Gasteiger charge is 2.32. The number of thioether (sulfide) groups is 1. The quantitative estimate of drug-likeness (QED) is 0.0645. The monoisotopic (exact) mass is 581 g/mol. The van der Waals surface area contributed by atoms with Crippen LogP contribution in [0, 0.1) is 0 Å². The van der Waals surface area contributed by atoms with Gasteiger partial charge in [-0.25, -0.2) is 4.79 Å². The van der Waals surface area contributed by atoms with Gasteiger partial charge in [0.2, 0.25) is 35.4 Å². The normalized spacial score (nSPS) is 14.6. The van der Waals surface area contributed by atoms with Gasteiger partial charge in [0.25, 0.3) is 0 Å². The van der Waals surface area contributed by atoms with E-state index in [0.29, 0.717) is 12.2 Å². The number of aliphatic carboxylic acids is 1. The molecule has 0 bridgehead atoms. The van der Waals surface area contributed by atoms with Gasteiger partial charge in [0.15, 0.2) is 0 Å². The second-order valence-corrected chi connectivity index (χ2v) is 9.36. The zero-order chi connectivity index (χ0) is 29.4. The first-order valence-electron chi connectivity index (χ1n) is 11.2. The summed E-state index contributed by atoms with van der Waals surface area (Å²) in [6, 6.07) is -7.02. The number of nitrogens with one attached hydrogen (secondary N) is 4. The van der Waals surface area contributed by atoms with Gasteiger partial charge in [-0.3, -0.25) is 28.8 Å². The summed E-state index contributed by atoms with van der Waals surface area (Å²) in [5, 5.41) is 27.5. The van der Waals surface area contributed by atoms with E-state index in [-0.39, 0.29) is 18.6 Å². The van der Waals surface area contributed by atoms with Gasteiger partial charge in [-0.2, -0.15) is 24.4 Å². The lowest BCUT2D eigenvalue weighted by Gasteiger charge is -2.25. The van der Waals surface area contributed by atoms with Crippen LogP contribution in [0.25, 0.3) is 0 Å². The lowest BCUT2D eigenvalue weighted by atomic mass is 10.1. The third-order valence-electron chi connectivity index (χ3n) is 4.93. The number of hydrogen-bond donors (Lipinski definition) is 10. The number of carboxylic acid groups (broad SMARTS) is 1. The van der Waals surface area contributed by atoms with Crippen LogP contribution in [-0.4, -0.2) is 106 Å². The minimum Gasteiger partial charge on any atom is -0.480 e. The second kappa shape index (κ2) is 18.2. The summed E-state index contributed by atoms with van der Waals surface area (Å²) in [5.41, 5.74) is 15.9. The van der Waals surface area contributed by atoms with Gasteiger partial charge in [0.1, 0.15) is 24.2 Å². The molecule has 0 aromatic heterocycles. The van der Waals surface area contributed by atoms with Crippen molar-refractivity contribution < 1.29 is 43.8 Å². The minimum atomic E-state index is -1.69. The molecule has 12 N–H and O–H groups in total. The summed E-state index contributed by atoms with van der Waals surface area (Å²) >= 11 is 5.49. The van der Waals surface area contributed by atoms with Gasteiger partial charge in [-0.15, -0.1) is 0 Å². The van der Waals surface area contributed by atoms with Crippen LogP contribution in [0.3, 0.4) is 0 Å². The van der Waals surface area contributed by atoms with E-state index in [4.69, 9.17) is 17.2 Å². The maximum atomic E-state index is 12.8. The van der Waals surface area contributed by atoms with Crippen LogP contribution in [0.2, 0.25) is 0 Å². The average molecular weight is 582 g/mol. The van der Waals surface area contributed by atoms with E-state index in [1.54, 1.807) is 0 Å². The molecule has 0 radical (unpaired) electrons. The Hall–Kier alpha value is -3.09. The lowest BCUT2D eigenvalue weighted by Crippen LogP contribution is -2.60. The number of thiol groups is 1. The van der Waals surface area contributed by atoms with E-state index in [9.17, 15) is 43.8 Å². The Balaban J connectivity index is 5.42. The van der Waals surface area contributed by atoms with Crippen molar-refractivity contribution in [2.75, 3.05) is 24.4 Å². The van der Waals surface area contributed by atoms with E-state index in [2.05, 4.69) is 33.9 Å². The number of carbonyl (C=O) groups excluding carboxylic acids is 6. The standard InChI is InChI=1S/C20H35N7O9S2/c1-38-5-4-9(21)16(31)27-13(8-37)19(34)25-11(6-15(23)30)17(32)26-12(7-28)18(33)24-10(20(35)36)2-3-14(22)29/h9-13,28,37H,2-8,21H2,1H3,(H2,22,29)(H2,23,30)(H,24,33)(H,25,34)(H,26,32)(H,27,31)(H,35,36)/t9-,10-,11-,12-,13-/m0/s1. The zero-order valence-electron chi connectivity index (χ0n) is 20.7. The molecule has 0 fully saturated rings. The third kappa shape index (κ3) is 13.5. The molecule has 16 nitrogen and oxygen atoms in total. The fourth-order valence-corrected chi connectivity index (χ4v) is 3.56. The van der Waals surface area contributed by atoms with Crippen LogP contribution in [-0.2, 0) is 33.6 Å². The van der Waals surface area contributed by atoms with Crippen molar-refractivity contribution in [2.24, 2.45) is 17.2 Å². The van der Waals surface area contributed by atoms with Gasteiger partial charge in [0.05, 0.1) is 19.1 Å². The van der Waals surface area contributed by atoms with Crippen LogP contribution in [0.1, 0.15) is 25.7 Å². The van der Waals surface area contributed by atoms with Crippen LogP contribution >= 0.6 is 24.4 Å². The van der Waals surface area contributed by atoms with Crippen molar-refractivity contribution in [2.45, 2.75) is 55.9 Å². The van der Waals surface area contributed by atoms with Crippen LogP contribution in [0.15, 0.2) is 0 Å². The van der Waals surface area contributed by atoms with Gasteiger partial charge in [-0.1, -0.05) is 0 Å². The molecular formula is C20H35N7O9S2. The summed E-state index contributed by atoms with van der Waals surface area (Å²) in [5.74, 6) is -6.67. The average Bonchev–Trinajstić information content (AvgIpc) is 2.84. The summed E-state index contributed by atoms with van der Waals surface area (Å²) in [6.45, 7) is -0.986. The number of amides is 6. The third-order valence-corrected chi connectivity index (χ3v) is 5.94.